The van der Waals surface area contributed by atoms with Gasteiger partial charge in [0, 0.05) is 6.54 Å². The lowest BCUT2D eigenvalue weighted by atomic mass is 10.1. The highest BCUT2D eigenvalue weighted by atomic mass is 16.5. The molecule has 0 aliphatic rings. The zero-order valence-corrected chi connectivity index (χ0v) is 12.7. The van der Waals surface area contributed by atoms with E-state index in [2.05, 4.69) is 5.32 Å². The molecule has 0 aliphatic carbocycles. The largest absolute Gasteiger partial charge is 0.497 e. The average Bonchev–Trinajstić information content (AvgIpc) is 2.56. The molecule has 0 bridgehead atoms. The Labute approximate surface area is 131 Å². The van der Waals surface area contributed by atoms with E-state index < -0.39 is 0 Å². The molecule has 2 rings (SSSR count). The molecule has 2 aromatic rings. The van der Waals surface area contributed by atoms with E-state index in [-0.39, 0.29) is 5.91 Å². The minimum Gasteiger partial charge on any atom is -0.497 e. The summed E-state index contributed by atoms with van der Waals surface area (Å²) in [5, 5.41) is 2.85. The van der Waals surface area contributed by atoms with E-state index in [9.17, 15) is 4.79 Å². The van der Waals surface area contributed by atoms with Crippen LogP contribution in [0.5, 0.6) is 5.75 Å². The van der Waals surface area contributed by atoms with Gasteiger partial charge in [0.1, 0.15) is 5.75 Å². The molecule has 0 aromatic heterocycles. The molecule has 0 saturated heterocycles. The van der Waals surface area contributed by atoms with Crippen molar-refractivity contribution in [2.45, 2.75) is 13.0 Å². The number of carbonyl (C=O) groups excluding carboxylic acids is 1. The van der Waals surface area contributed by atoms with Crippen LogP contribution in [0.2, 0.25) is 0 Å². The molecule has 2 aromatic carbocycles. The molecular weight excluding hydrogens is 278 g/mol. The Hall–Kier alpha value is -2.33. The Morgan fingerprint density at radius 1 is 1.00 bits per heavy atom. The number of ether oxygens (including phenoxy) is 2. The summed E-state index contributed by atoms with van der Waals surface area (Å²) in [5.41, 5.74) is 2.09. The Kier molecular flexibility index (Phi) is 6.45. The van der Waals surface area contributed by atoms with Gasteiger partial charge in [0.25, 0.3) is 0 Å². The molecule has 116 valence electrons. The highest BCUT2D eigenvalue weighted by Crippen LogP contribution is 2.11. The maximum absolute atomic E-state index is 11.8. The summed E-state index contributed by atoms with van der Waals surface area (Å²) in [7, 11) is 1.62. The number of benzene rings is 2. The number of carbonyl (C=O) groups is 1. The van der Waals surface area contributed by atoms with Crippen molar-refractivity contribution < 1.29 is 14.3 Å². The zero-order valence-electron chi connectivity index (χ0n) is 12.7. The van der Waals surface area contributed by atoms with Gasteiger partial charge >= 0.3 is 0 Å². The van der Waals surface area contributed by atoms with Crippen LogP contribution in [-0.4, -0.2) is 26.2 Å². The van der Waals surface area contributed by atoms with Gasteiger partial charge in [-0.25, -0.2) is 0 Å². The van der Waals surface area contributed by atoms with Gasteiger partial charge in [-0.1, -0.05) is 42.5 Å². The lowest BCUT2D eigenvalue weighted by Crippen LogP contribution is -2.28. The maximum Gasteiger partial charge on any atom is 0.224 e. The smallest absolute Gasteiger partial charge is 0.224 e. The fourth-order valence-corrected chi connectivity index (χ4v) is 2.02. The Balaban J connectivity index is 1.61. The van der Waals surface area contributed by atoms with Gasteiger partial charge in [-0.05, 0) is 23.3 Å². The molecular formula is C18H21NO3. The number of hydrogen-bond acceptors (Lipinski definition) is 3. The van der Waals surface area contributed by atoms with Crippen LogP contribution in [0.25, 0.3) is 0 Å². The molecule has 22 heavy (non-hydrogen) atoms. The van der Waals surface area contributed by atoms with Gasteiger partial charge in [0.05, 0.1) is 26.7 Å². The van der Waals surface area contributed by atoms with Crippen LogP contribution < -0.4 is 10.1 Å². The summed E-state index contributed by atoms with van der Waals surface area (Å²) < 4.78 is 10.6. The second-order valence-electron chi connectivity index (χ2n) is 4.91. The molecule has 1 amide bonds. The van der Waals surface area contributed by atoms with Gasteiger partial charge in [-0.2, -0.15) is 0 Å². The van der Waals surface area contributed by atoms with E-state index in [4.69, 9.17) is 9.47 Å². The second kappa shape index (κ2) is 8.85. The molecule has 0 unspecified atom stereocenters. The Morgan fingerprint density at radius 2 is 1.73 bits per heavy atom. The van der Waals surface area contributed by atoms with Crippen molar-refractivity contribution in [2.24, 2.45) is 0 Å². The lowest BCUT2D eigenvalue weighted by molar-refractivity contribution is -0.120. The van der Waals surface area contributed by atoms with Crippen molar-refractivity contribution in [3.63, 3.8) is 0 Å². The fourth-order valence-electron chi connectivity index (χ4n) is 2.02. The van der Waals surface area contributed by atoms with E-state index in [1.165, 1.54) is 0 Å². The summed E-state index contributed by atoms with van der Waals surface area (Å²) in [5.74, 6) is 0.784. The summed E-state index contributed by atoms with van der Waals surface area (Å²) in [4.78, 5) is 11.8. The van der Waals surface area contributed by atoms with Gasteiger partial charge < -0.3 is 14.8 Å². The molecule has 0 heterocycles. The first-order valence-electron chi connectivity index (χ1n) is 7.29. The first-order chi connectivity index (χ1) is 10.8. The number of amides is 1. The first kappa shape index (κ1) is 16.0. The van der Waals surface area contributed by atoms with Crippen molar-refractivity contribution >= 4 is 5.91 Å². The second-order valence-corrected chi connectivity index (χ2v) is 4.91. The fraction of sp³-hybridized carbons (Fsp3) is 0.278. The SMILES string of the molecule is COc1ccc(CC(=O)NCCOCc2ccccc2)cc1. The van der Waals surface area contributed by atoms with Gasteiger partial charge in [-0.15, -0.1) is 0 Å². The molecule has 4 heteroatoms. The number of hydrogen-bond donors (Lipinski definition) is 1. The quantitative estimate of drug-likeness (QED) is 0.762. The van der Waals surface area contributed by atoms with E-state index >= 15 is 0 Å². The number of methoxy groups -OCH3 is 1. The molecule has 0 saturated carbocycles. The Morgan fingerprint density at radius 3 is 2.41 bits per heavy atom. The predicted molar refractivity (Wildman–Crippen MR) is 85.8 cm³/mol. The minimum absolute atomic E-state index is 0.00604. The summed E-state index contributed by atoms with van der Waals surface area (Å²) in [6.45, 7) is 1.58. The van der Waals surface area contributed by atoms with Gasteiger partial charge in [-0.3, -0.25) is 4.79 Å². The predicted octanol–water partition coefficient (Wildman–Crippen LogP) is 2.57. The maximum atomic E-state index is 11.8. The van der Waals surface area contributed by atoms with Crippen molar-refractivity contribution in [3.05, 3.63) is 65.7 Å². The third-order valence-electron chi connectivity index (χ3n) is 3.20. The van der Waals surface area contributed by atoms with Crippen molar-refractivity contribution in [1.29, 1.82) is 0 Å². The van der Waals surface area contributed by atoms with E-state index in [0.29, 0.717) is 26.2 Å². The molecule has 0 radical (unpaired) electrons. The van der Waals surface area contributed by atoms with Crippen LogP contribution in [0.3, 0.4) is 0 Å². The van der Waals surface area contributed by atoms with Crippen LogP contribution in [0.1, 0.15) is 11.1 Å². The van der Waals surface area contributed by atoms with Crippen LogP contribution in [0.15, 0.2) is 54.6 Å². The molecule has 1 N–H and O–H groups in total. The first-order valence-corrected chi connectivity index (χ1v) is 7.29. The van der Waals surface area contributed by atoms with Crippen LogP contribution in [0.4, 0.5) is 0 Å². The lowest BCUT2D eigenvalue weighted by Gasteiger charge is -2.07. The van der Waals surface area contributed by atoms with Crippen LogP contribution in [-0.2, 0) is 22.6 Å². The van der Waals surface area contributed by atoms with E-state index in [0.717, 1.165) is 16.9 Å². The summed E-state index contributed by atoms with van der Waals surface area (Å²) in [6, 6.07) is 17.5. The molecule has 0 spiro atoms. The van der Waals surface area contributed by atoms with Crippen LogP contribution in [0, 0.1) is 0 Å². The standard InChI is InChI=1S/C18H21NO3/c1-21-17-9-7-15(8-10-17)13-18(20)19-11-12-22-14-16-5-3-2-4-6-16/h2-10H,11-14H2,1H3,(H,19,20). The summed E-state index contributed by atoms with van der Waals surface area (Å²) >= 11 is 0. The van der Waals surface area contributed by atoms with E-state index in [1.807, 2.05) is 54.6 Å². The van der Waals surface area contributed by atoms with Gasteiger partial charge in [0.15, 0.2) is 0 Å². The number of rotatable bonds is 8. The molecule has 4 nitrogen and oxygen atoms in total. The van der Waals surface area contributed by atoms with E-state index in [1.54, 1.807) is 7.11 Å². The average molecular weight is 299 g/mol. The van der Waals surface area contributed by atoms with Crippen molar-refractivity contribution in [1.82, 2.24) is 5.32 Å². The highest BCUT2D eigenvalue weighted by molar-refractivity contribution is 5.78. The topological polar surface area (TPSA) is 47.6 Å². The zero-order chi connectivity index (χ0) is 15.6. The Bertz CT molecular complexity index is 567. The summed E-state index contributed by atoms with van der Waals surface area (Å²) in [6.07, 6.45) is 0.364. The van der Waals surface area contributed by atoms with Crippen molar-refractivity contribution in [2.75, 3.05) is 20.3 Å². The molecule has 0 aliphatic heterocycles. The minimum atomic E-state index is -0.00604. The van der Waals surface area contributed by atoms with Crippen molar-refractivity contribution in [3.8, 4) is 5.75 Å². The number of nitrogens with one attached hydrogen (secondary N) is 1. The normalized spacial score (nSPS) is 10.2. The monoisotopic (exact) mass is 299 g/mol. The van der Waals surface area contributed by atoms with Gasteiger partial charge in [0.2, 0.25) is 5.91 Å². The third-order valence-corrected chi connectivity index (χ3v) is 3.20. The van der Waals surface area contributed by atoms with Crippen LogP contribution >= 0.6 is 0 Å². The third kappa shape index (κ3) is 5.58. The molecule has 0 atom stereocenters. The highest BCUT2D eigenvalue weighted by Gasteiger charge is 2.03. The molecule has 0 fully saturated rings.